The first-order valence-corrected chi connectivity index (χ1v) is 3.14. The largest absolute Gasteiger partial charge is 0.428 e. The first-order chi connectivity index (χ1) is 5.34. The SMILES string of the molecule is N=COC(=N)c1ccccc1. The smallest absolute Gasteiger partial charge is 0.220 e. The van der Waals surface area contributed by atoms with E-state index in [0.717, 1.165) is 6.40 Å². The molecule has 0 amide bonds. The molecule has 11 heavy (non-hydrogen) atoms. The van der Waals surface area contributed by atoms with E-state index in [2.05, 4.69) is 4.74 Å². The molecule has 3 heteroatoms. The third-order valence-corrected chi connectivity index (χ3v) is 1.21. The summed E-state index contributed by atoms with van der Waals surface area (Å²) in [4.78, 5) is 0. The van der Waals surface area contributed by atoms with Crippen LogP contribution in [0.25, 0.3) is 0 Å². The van der Waals surface area contributed by atoms with Crippen LogP contribution in [-0.2, 0) is 4.74 Å². The molecular weight excluding hydrogens is 140 g/mol. The minimum Gasteiger partial charge on any atom is -0.428 e. The lowest BCUT2D eigenvalue weighted by Crippen LogP contribution is -2.02. The summed E-state index contributed by atoms with van der Waals surface area (Å²) in [6.07, 6.45) is 0.745. The summed E-state index contributed by atoms with van der Waals surface area (Å²) in [5.41, 5.74) is 0.677. The summed E-state index contributed by atoms with van der Waals surface area (Å²) >= 11 is 0. The molecule has 1 aromatic rings. The van der Waals surface area contributed by atoms with Gasteiger partial charge in [0.15, 0.2) is 6.40 Å². The van der Waals surface area contributed by atoms with Crippen LogP contribution in [0.2, 0.25) is 0 Å². The third kappa shape index (κ3) is 1.89. The molecule has 0 radical (unpaired) electrons. The molecule has 0 fully saturated rings. The van der Waals surface area contributed by atoms with Crippen molar-refractivity contribution in [1.29, 1.82) is 10.8 Å². The molecule has 0 unspecified atom stereocenters. The van der Waals surface area contributed by atoms with Crippen molar-refractivity contribution in [3.05, 3.63) is 35.9 Å². The first kappa shape index (κ1) is 7.47. The van der Waals surface area contributed by atoms with Crippen LogP contribution in [0.1, 0.15) is 5.56 Å². The minimum atomic E-state index is 0.000556. The van der Waals surface area contributed by atoms with E-state index in [0.29, 0.717) is 5.56 Å². The van der Waals surface area contributed by atoms with Gasteiger partial charge in [-0.1, -0.05) is 18.2 Å². The standard InChI is InChI=1S/C8H8N2O/c9-6-11-8(10)7-4-2-1-3-5-7/h1-6,9-10H. The van der Waals surface area contributed by atoms with Crippen molar-refractivity contribution in [2.45, 2.75) is 0 Å². The average Bonchev–Trinajstić information content (AvgIpc) is 2.07. The van der Waals surface area contributed by atoms with E-state index >= 15 is 0 Å². The predicted molar refractivity (Wildman–Crippen MR) is 43.1 cm³/mol. The summed E-state index contributed by atoms with van der Waals surface area (Å²) in [5, 5.41) is 13.9. The fourth-order valence-electron chi connectivity index (χ4n) is 0.716. The maximum atomic E-state index is 7.26. The van der Waals surface area contributed by atoms with Crippen LogP contribution in [0, 0.1) is 10.8 Å². The molecule has 0 aliphatic heterocycles. The van der Waals surface area contributed by atoms with Gasteiger partial charge >= 0.3 is 0 Å². The Kier molecular flexibility index (Phi) is 2.38. The van der Waals surface area contributed by atoms with Crippen molar-refractivity contribution in [3.8, 4) is 0 Å². The highest BCUT2D eigenvalue weighted by Crippen LogP contribution is 1.99. The van der Waals surface area contributed by atoms with Gasteiger partial charge in [0, 0.05) is 5.56 Å². The Morgan fingerprint density at radius 3 is 2.45 bits per heavy atom. The quantitative estimate of drug-likeness (QED) is 0.486. The Hall–Kier alpha value is -1.64. The molecule has 0 aromatic heterocycles. The van der Waals surface area contributed by atoms with E-state index < -0.39 is 0 Å². The zero-order valence-corrected chi connectivity index (χ0v) is 5.87. The molecule has 0 bridgehead atoms. The van der Waals surface area contributed by atoms with Gasteiger partial charge in [-0.25, -0.2) is 0 Å². The summed E-state index contributed by atoms with van der Waals surface area (Å²) in [7, 11) is 0. The van der Waals surface area contributed by atoms with Crippen molar-refractivity contribution >= 4 is 12.3 Å². The normalized spacial score (nSPS) is 8.73. The van der Waals surface area contributed by atoms with Gasteiger partial charge in [-0.05, 0) is 12.1 Å². The van der Waals surface area contributed by atoms with Crippen molar-refractivity contribution in [2.75, 3.05) is 0 Å². The highest BCUT2D eigenvalue weighted by Gasteiger charge is 1.97. The minimum absolute atomic E-state index is 0.000556. The second kappa shape index (κ2) is 3.51. The van der Waals surface area contributed by atoms with Gasteiger partial charge in [-0.15, -0.1) is 0 Å². The van der Waals surface area contributed by atoms with E-state index in [1.807, 2.05) is 18.2 Å². The van der Waals surface area contributed by atoms with Gasteiger partial charge in [-0.3, -0.25) is 10.8 Å². The van der Waals surface area contributed by atoms with Crippen LogP contribution in [0.3, 0.4) is 0 Å². The summed E-state index contributed by atoms with van der Waals surface area (Å²) < 4.78 is 4.55. The Morgan fingerprint density at radius 2 is 1.91 bits per heavy atom. The third-order valence-electron chi connectivity index (χ3n) is 1.21. The van der Waals surface area contributed by atoms with Gasteiger partial charge in [0.25, 0.3) is 0 Å². The van der Waals surface area contributed by atoms with Gasteiger partial charge in [-0.2, -0.15) is 0 Å². The zero-order valence-electron chi connectivity index (χ0n) is 5.87. The number of hydrogen-bond acceptors (Lipinski definition) is 3. The second-order valence-electron chi connectivity index (χ2n) is 1.93. The fraction of sp³-hybridized carbons (Fsp3) is 0. The number of hydrogen-bond donors (Lipinski definition) is 2. The van der Waals surface area contributed by atoms with Crippen LogP contribution in [0.15, 0.2) is 30.3 Å². The number of ether oxygens (including phenoxy) is 1. The molecule has 0 atom stereocenters. The lowest BCUT2D eigenvalue weighted by atomic mass is 10.2. The molecule has 2 N–H and O–H groups in total. The van der Waals surface area contributed by atoms with E-state index in [1.54, 1.807) is 12.1 Å². The van der Waals surface area contributed by atoms with E-state index in [-0.39, 0.29) is 5.90 Å². The van der Waals surface area contributed by atoms with Gasteiger partial charge < -0.3 is 4.74 Å². The average molecular weight is 148 g/mol. The Balaban J connectivity index is 2.77. The van der Waals surface area contributed by atoms with Crippen LogP contribution in [0.5, 0.6) is 0 Å². The molecular formula is C8H8N2O. The van der Waals surface area contributed by atoms with Crippen LogP contribution < -0.4 is 0 Å². The van der Waals surface area contributed by atoms with Crippen LogP contribution in [0.4, 0.5) is 0 Å². The van der Waals surface area contributed by atoms with E-state index in [1.165, 1.54) is 0 Å². The summed E-state index contributed by atoms with van der Waals surface area (Å²) in [6.45, 7) is 0. The highest BCUT2D eigenvalue weighted by atomic mass is 16.5. The topological polar surface area (TPSA) is 56.9 Å². The van der Waals surface area contributed by atoms with Gasteiger partial charge in [0.1, 0.15) is 0 Å². The molecule has 0 aliphatic rings. The Labute approximate surface area is 64.6 Å². The molecule has 1 rings (SSSR count). The zero-order chi connectivity index (χ0) is 8.10. The molecule has 56 valence electrons. The lowest BCUT2D eigenvalue weighted by Gasteiger charge is -1.98. The molecule has 0 aliphatic carbocycles. The number of nitrogens with one attached hydrogen (secondary N) is 2. The van der Waals surface area contributed by atoms with Gasteiger partial charge in [0.05, 0.1) is 0 Å². The number of rotatable bonds is 2. The Morgan fingerprint density at radius 1 is 1.27 bits per heavy atom. The lowest BCUT2D eigenvalue weighted by molar-refractivity contribution is 0.561. The van der Waals surface area contributed by atoms with E-state index in [9.17, 15) is 0 Å². The predicted octanol–water partition coefficient (Wildman–Crippen LogP) is 1.64. The summed E-state index contributed by atoms with van der Waals surface area (Å²) in [6, 6.07) is 9.01. The molecule has 0 heterocycles. The molecule has 0 saturated heterocycles. The van der Waals surface area contributed by atoms with Crippen molar-refractivity contribution in [3.63, 3.8) is 0 Å². The molecule has 0 spiro atoms. The van der Waals surface area contributed by atoms with Gasteiger partial charge in [0.2, 0.25) is 5.90 Å². The maximum Gasteiger partial charge on any atom is 0.220 e. The fourth-order valence-corrected chi connectivity index (χ4v) is 0.716. The maximum absolute atomic E-state index is 7.26. The molecule has 0 saturated carbocycles. The number of benzene rings is 1. The monoisotopic (exact) mass is 148 g/mol. The molecule has 3 nitrogen and oxygen atoms in total. The molecule has 1 aromatic carbocycles. The first-order valence-electron chi connectivity index (χ1n) is 3.14. The van der Waals surface area contributed by atoms with Crippen molar-refractivity contribution in [1.82, 2.24) is 0 Å². The van der Waals surface area contributed by atoms with E-state index in [4.69, 9.17) is 10.8 Å². The van der Waals surface area contributed by atoms with Crippen molar-refractivity contribution < 1.29 is 4.74 Å². The Bertz CT molecular complexity index is 256. The second-order valence-corrected chi connectivity index (χ2v) is 1.93. The van der Waals surface area contributed by atoms with Crippen LogP contribution in [-0.4, -0.2) is 12.3 Å². The van der Waals surface area contributed by atoms with Crippen molar-refractivity contribution in [2.24, 2.45) is 0 Å². The summed E-state index contributed by atoms with van der Waals surface area (Å²) in [5.74, 6) is 0.000556. The van der Waals surface area contributed by atoms with Crippen LogP contribution >= 0.6 is 0 Å². The highest BCUT2D eigenvalue weighted by molar-refractivity contribution is 5.95.